The van der Waals surface area contributed by atoms with Crippen LogP contribution in [0.1, 0.15) is 16.7 Å². The van der Waals surface area contributed by atoms with E-state index in [1.807, 2.05) is 0 Å². The minimum atomic E-state index is 0.00131. The maximum absolute atomic E-state index is 2.37. The number of fused-ring (bicyclic) bond motifs is 1. The summed E-state index contributed by atoms with van der Waals surface area (Å²) >= 11 is 0.00131. The molecule has 0 nitrogen and oxygen atoms in total. The topological polar surface area (TPSA) is 0 Å². The molecule has 0 amide bonds. The Morgan fingerprint density at radius 3 is 2.50 bits per heavy atom. The number of hydrogen-bond acceptors (Lipinski definition) is 0. The van der Waals surface area contributed by atoms with E-state index in [2.05, 4.69) is 60.7 Å². The van der Waals surface area contributed by atoms with E-state index in [0.29, 0.717) is 0 Å². The van der Waals surface area contributed by atoms with Gasteiger partial charge in [-0.1, -0.05) is 0 Å². The van der Waals surface area contributed by atoms with E-state index in [-0.39, 0.29) is 20.9 Å². The molecule has 0 N–H and O–H groups in total. The molecule has 16 heavy (non-hydrogen) atoms. The Hall–Kier alpha value is -1.03. The second-order valence-electron chi connectivity index (χ2n) is 3.87. The summed E-state index contributed by atoms with van der Waals surface area (Å²) in [6.07, 6.45) is 2.37. The van der Waals surface area contributed by atoms with Crippen molar-refractivity contribution in [2.24, 2.45) is 0 Å². The Bertz CT molecular complexity index is 526. The van der Waals surface area contributed by atoms with Gasteiger partial charge in [-0.2, -0.15) is 0 Å². The van der Waals surface area contributed by atoms with Crippen molar-refractivity contribution in [3.63, 3.8) is 0 Å². The van der Waals surface area contributed by atoms with E-state index in [0.717, 1.165) is 0 Å². The van der Waals surface area contributed by atoms with Crippen molar-refractivity contribution >= 4 is 30.6 Å². The van der Waals surface area contributed by atoms with Crippen LogP contribution in [0.15, 0.2) is 54.6 Å². The zero-order valence-corrected chi connectivity index (χ0v) is 11.2. The van der Waals surface area contributed by atoms with Crippen molar-refractivity contribution in [2.75, 3.05) is 0 Å². The Morgan fingerprint density at radius 2 is 1.62 bits per heavy atom. The van der Waals surface area contributed by atoms with Crippen molar-refractivity contribution in [3.8, 4) is 0 Å². The molecule has 1 heterocycles. The van der Waals surface area contributed by atoms with E-state index in [1.165, 1.54) is 15.6 Å². The second kappa shape index (κ2) is 4.45. The van der Waals surface area contributed by atoms with Gasteiger partial charge in [0.25, 0.3) is 0 Å². The molecule has 0 fully saturated rings. The molecule has 0 spiro atoms. The SMILES string of the molecule is C(=C1\[Te]Cc2ccccc21)/c1ccccc1. The predicted octanol–water partition coefficient (Wildman–Crippen LogP) is 3.40. The van der Waals surface area contributed by atoms with Gasteiger partial charge in [0, 0.05) is 0 Å². The van der Waals surface area contributed by atoms with Gasteiger partial charge >= 0.3 is 106 Å². The molecule has 2 aromatic rings. The average Bonchev–Trinajstić information content (AvgIpc) is 2.74. The summed E-state index contributed by atoms with van der Waals surface area (Å²) in [5.41, 5.74) is 4.38. The van der Waals surface area contributed by atoms with Crippen molar-refractivity contribution in [3.05, 3.63) is 71.3 Å². The van der Waals surface area contributed by atoms with Crippen LogP contribution in [0.4, 0.5) is 0 Å². The Morgan fingerprint density at radius 1 is 0.875 bits per heavy atom. The van der Waals surface area contributed by atoms with Crippen LogP contribution in [0.2, 0.25) is 0 Å². The van der Waals surface area contributed by atoms with Gasteiger partial charge in [-0.3, -0.25) is 0 Å². The molecule has 0 aromatic heterocycles. The normalized spacial score (nSPS) is 16.4. The summed E-state index contributed by atoms with van der Waals surface area (Å²) in [6, 6.07) is 19.5. The summed E-state index contributed by atoms with van der Waals surface area (Å²) in [4.78, 5) is 0. The molecule has 1 aliphatic rings. The van der Waals surface area contributed by atoms with Crippen LogP contribution in [0.3, 0.4) is 0 Å². The second-order valence-corrected chi connectivity index (χ2v) is 6.77. The molecule has 2 aromatic carbocycles. The number of benzene rings is 2. The molecular formula is C15H12Te. The van der Waals surface area contributed by atoms with Crippen LogP contribution in [0.5, 0.6) is 0 Å². The van der Waals surface area contributed by atoms with Crippen molar-refractivity contribution in [1.82, 2.24) is 0 Å². The quantitative estimate of drug-likeness (QED) is 0.707. The third kappa shape index (κ3) is 1.94. The standard InChI is InChI=1S/C15H12Te/c1-2-6-12(7-3-1)10-15-14-9-5-4-8-13(14)11-16-15/h1-10H,11H2/b15-10+. The van der Waals surface area contributed by atoms with Gasteiger partial charge in [0.1, 0.15) is 0 Å². The Balaban J connectivity index is 2.02. The maximum atomic E-state index is 2.37. The first-order chi connectivity index (χ1) is 7.93. The zero-order chi connectivity index (χ0) is 10.8. The summed E-state index contributed by atoms with van der Waals surface area (Å²) in [6.45, 7) is 0. The first kappa shape index (κ1) is 10.1. The van der Waals surface area contributed by atoms with Crippen LogP contribution in [-0.4, -0.2) is 20.9 Å². The van der Waals surface area contributed by atoms with Gasteiger partial charge in [0.2, 0.25) is 0 Å². The van der Waals surface area contributed by atoms with Crippen molar-refractivity contribution in [2.45, 2.75) is 4.47 Å². The van der Waals surface area contributed by atoms with Crippen LogP contribution >= 0.6 is 0 Å². The van der Waals surface area contributed by atoms with E-state index in [4.69, 9.17) is 0 Å². The molecule has 0 atom stereocenters. The third-order valence-electron chi connectivity index (χ3n) is 2.76. The van der Waals surface area contributed by atoms with Crippen LogP contribution in [-0.2, 0) is 4.47 Å². The van der Waals surface area contributed by atoms with Gasteiger partial charge in [-0.25, -0.2) is 0 Å². The van der Waals surface area contributed by atoms with Gasteiger partial charge in [-0.15, -0.1) is 0 Å². The van der Waals surface area contributed by atoms with Crippen molar-refractivity contribution in [1.29, 1.82) is 0 Å². The van der Waals surface area contributed by atoms with Crippen molar-refractivity contribution < 1.29 is 0 Å². The van der Waals surface area contributed by atoms with Gasteiger partial charge in [0.05, 0.1) is 0 Å². The molecule has 0 saturated heterocycles. The zero-order valence-electron chi connectivity index (χ0n) is 8.89. The van der Waals surface area contributed by atoms with E-state index in [1.54, 1.807) is 9.18 Å². The summed E-state index contributed by atoms with van der Waals surface area (Å²) in [7, 11) is 0. The van der Waals surface area contributed by atoms with E-state index in [9.17, 15) is 0 Å². The molecule has 0 aliphatic carbocycles. The molecule has 0 unspecified atom stereocenters. The van der Waals surface area contributed by atoms with E-state index >= 15 is 0 Å². The molecule has 1 aliphatic heterocycles. The summed E-state index contributed by atoms with van der Waals surface area (Å²) in [5.74, 6) is 0. The number of rotatable bonds is 1. The fraction of sp³-hybridized carbons (Fsp3) is 0.0667. The van der Waals surface area contributed by atoms with Crippen LogP contribution < -0.4 is 0 Å². The average molecular weight is 320 g/mol. The molecular weight excluding hydrogens is 308 g/mol. The van der Waals surface area contributed by atoms with Gasteiger partial charge in [0.15, 0.2) is 0 Å². The molecule has 1 heteroatoms. The van der Waals surface area contributed by atoms with Gasteiger partial charge in [-0.05, 0) is 0 Å². The summed E-state index contributed by atoms with van der Waals surface area (Å²) < 4.78 is 2.92. The number of hydrogen-bond donors (Lipinski definition) is 0. The molecule has 0 saturated carbocycles. The van der Waals surface area contributed by atoms with E-state index < -0.39 is 0 Å². The molecule has 3 rings (SSSR count). The fourth-order valence-corrected chi connectivity index (χ4v) is 5.18. The van der Waals surface area contributed by atoms with Crippen LogP contribution in [0, 0.1) is 0 Å². The van der Waals surface area contributed by atoms with Crippen LogP contribution in [0.25, 0.3) is 9.70 Å². The Kier molecular flexibility index (Phi) is 2.82. The third-order valence-corrected chi connectivity index (χ3v) is 5.91. The first-order valence-electron chi connectivity index (χ1n) is 5.41. The molecule has 78 valence electrons. The summed E-state index contributed by atoms with van der Waals surface area (Å²) in [5, 5.41) is 0. The monoisotopic (exact) mass is 322 g/mol. The molecule has 0 bridgehead atoms. The fourth-order valence-electron chi connectivity index (χ4n) is 1.94. The Labute approximate surface area is 106 Å². The first-order valence-corrected chi connectivity index (χ1v) is 8.22. The minimum absolute atomic E-state index is 0.00131. The predicted molar refractivity (Wildman–Crippen MR) is 70.2 cm³/mol. The molecule has 0 radical (unpaired) electrons. The van der Waals surface area contributed by atoms with Gasteiger partial charge < -0.3 is 0 Å².